The SMILES string of the molecule is CC(=O)c1ccc(Sc2ccoc2CC(=O)C(=O)c2nc[nH]n2)cc1. The Bertz CT molecular complexity index is 914. The van der Waals surface area contributed by atoms with E-state index in [1.807, 2.05) is 12.1 Å². The van der Waals surface area contributed by atoms with Gasteiger partial charge in [-0.1, -0.05) is 23.9 Å². The summed E-state index contributed by atoms with van der Waals surface area (Å²) in [4.78, 5) is 40.6. The van der Waals surface area contributed by atoms with Gasteiger partial charge in [0.1, 0.15) is 12.1 Å². The van der Waals surface area contributed by atoms with Gasteiger partial charge in [0.25, 0.3) is 5.78 Å². The van der Waals surface area contributed by atoms with Crippen LogP contribution in [0.15, 0.2) is 57.1 Å². The molecule has 0 aliphatic carbocycles. The van der Waals surface area contributed by atoms with Crippen LogP contribution in [-0.2, 0) is 11.2 Å². The number of aromatic nitrogens is 3. The van der Waals surface area contributed by atoms with E-state index in [1.54, 1.807) is 18.2 Å². The lowest BCUT2D eigenvalue weighted by Crippen LogP contribution is -2.18. The van der Waals surface area contributed by atoms with Crippen molar-refractivity contribution in [1.82, 2.24) is 15.2 Å². The van der Waals surface area contributed by atoms with Crippen molar-refractivity contribution in [3.63, 3.8) is 0 Å². The second-order valence-electron chi connectivity index (χ2n) is 5.14. The maximum Gasteiger partial charge on any atom is 0.268 e. The zero-order valence-corrected chi connectivity index (χ0v) is 14.0. The van der Waals surface area contributed by atoms with E-state index in [4.69, 9.17) is 4.42 Å². The fourth-order valence-electron chi connectivity index (χ4n) is 2.10. The first kappa shape index (κ1) is 16.8. The van der Waals surface area contributed by atoms with Gasteiger partial charge in [-0.2, -0.15) is 0 Å². The molecule has 126 valence electrons. The molecule has 0 fully saturated rings. The van der Waals surface area contributed by atoms with Crippen LogP contribution in [0.1, 0.15) is 33.7 Å². The molecule has 3 rings (SSSR count). The van der Waals surface area contributed by atoms with Gasteiger partial charge in [-0.15, -0.1) is 5.10 Å². The van der Waals surface area contributed by atoms with Crippen molar-refractivity contribution in [1.29, 1.82) is 0 Å². The molecule has 7 nitrogen and oxygen atoms in total. The van der Waals surface area contributed by atoms with Crippen molar-refractivity contribution in [3.05, 3.63) is 60.1 Å². The molecule has 0 saturated carbocycles. The fraction of sp³-hybridized carbons (Fsp3) is 0.118. The second kappa shape index (κ2) is 7.27. The highest BCUT2D eigenvalue weighted by atomic mass is 32.2. The lowest BCUT2D eigenvalue weighted by molar-refractivity contribution is -0.114. The van der Waals surface area contributed by atoms with Crippen LogP contribution in [0.3, 0.4) is 0 Å². The maximum atomic E-state index is 12.1. The Morgan fingerprint density at radius 3 is 2.56 bits per heavy atom. The number of benzene rings is 1. The molecule has 0 spiro atoms. The third-order valence-electron chi connectivity index (χ3n) is 3.39. The van der Waals surface area contributed by atoms with Gasteiger partial charge in [0.15, 0.2) is 5.78 Å². The van der Waals surface area contributed by atoms with Crippen LogP contribution in [0.4, 0.5) is 0 Å². The Balaban J connectivity index is 1.71. The molecule has 0 aliphatic heterocycles. The number of Topliss-reactive ketones (excluding diaryl/α,β-unsaturated/α-hetero) is 3. The average molecular weight is 355 g/mol. The van der Waals surface area contributed by atoms with E-state index < -0.39 is 11.6 Å². The number of carbonyl (C=O) groups excluding carboxylic acids is 3. The number of hydrogen-bond acceptors (Lipinski definition) is 7. The minimum atomic E-state index is -0.764. The molecule has 1 N–H and O–H groups in total. The van der Waals surface area contributed by atoms with Crippen LogP contribution in [0.5, 0.6) is 0 Å². The predicted octanol–water partition coefficient (Wildman–Crippen LogP) is 2.75. The second-order valence-corrected chi connectivity index (χ2v) is 6.26. The van der Waals surface area contributed by atoms with Gasteiger partial charge in [-0.05, 0) is 25.1 Å². The molecule has 1 aromatic carbocycles. The summed E-state index contributed by atoms with van der Waals surface area (Å²) >= 11 is 1.39. The number of nitrogens with zero attached hydrogens (tertiary/aromatic N) is 2. The Hall–Kier alpha value is -3.00. The van der Waals surface area contributed by atoms with Gasteiger partial charge in [0, 0.05) is 10.5 Å². The monoisotopic (exact) mass is 355 g/mol. The van der Waals surface area contributed by atoms with Crippen molar-refractivity contribution in [2.45, 2.75) is 23.1 Å². The van der Waals surface area contributed by atoms with Crippen molar-refractivity contribution in [3.8, 4) is 0 Å². The first-order valence-electron chi connectivity index (χ1n) is 7.33. The number of rotatable bonds is 7. The Morgan fingerprint density at radius 1 is 1.16 bits per heavy atom. The van der Waals surface area contributed by atoms with Gasteiger partial charge < -0.3 is 4.42 Å². The van der Waals surface area contributed by atoms with Crippen LogP contribution in [0.2, 0.25) is 0 Å². The Labute approximate surface area is 146 Å². The fourth-order valence-corrected chi connectivity index (χ4v) is 2.99. The minimum absolute atomic E-state index is 0.00312. The van der Waals surface area contributed by atoms with Crippen molar-refractivity contribution in [2.24, 2.45) is 0 Å². The summed E-state index contributed by atoms with van der Waals surface area (Å²) in [6.07, 6.45) is 2.53. The quantitative estimate of drug-likeness (QED) is 0.513. The zero-order chi connectivity index (χ0) is 17.8. The van der Waals surface area contributed by atoms with Gasteiger partial charge >= 0.3 is 0 Å². The van der Waals surface area contributed by atoms with Crippen molar-refractivity contribution in [2.75, 3.05) is 0 Å². The molecular weight excluding hydrogens is 342 g/mol. The number of hydrogen-bond donors (Lipinski definition) is 1. The van der Waals surface area contributed by atoms with Crippen LogP contribution in [0, 0.1) is 0 Å². The molecule has 8 heteroatoms. The van der Waals surface area contributed by atoms with E-state index in [0.29, 0.717) is 11.3 Å². The highest BCUT2D eigenvalue weighted by Gasteiger charge is 2.22. The molecule has 2 aromatic heterocycles. The van der Waals surface area contributed by atoms with E-state index >= 15 is 0 Å². The smallest absolute Gasteiger partial charge is 0.268 e. The largest absolute Gasteiger partial charge is 0.468 e. The molecule has 0 radical (unpaired) electrons. The molecular formula is C17H13N3O4S. The number of aromatic amines is 1. The van der Waals surface area contributed by atoms with Gasteiger partial charge in [-0.25, -0.2) is 4.98 Å². The van der Waals surface area contributed by atoms with Gasteiger partial charge in [0.2, 0.25) is 11.6 Å². The highest BCUT2D eigenvalue weighted by Crippen LogP contribution is 2.32. The predicted molar refractivity (Wildman–Crippen MR) is 88.7 cm³/mol. The number of nitrogens with one attached hydrogen (secondary N) is 1. The van der Waals surface area contributed by atoms with Crippen LogP contribution < -0.4 is 0 Å². The summed E-state index contributed by atoms with van der Waals surface area (Å²) < 4.78 is 5.34. The molecule has 0 saturated heterocycles. The van der Waals surface area contributed by atoms with E-state index in [-0.39, 0.29) is 18.0 Å². The Morgan fingerprint density at radius 2 is 1.92 bits per heavy atom. The summed E-state index contributed by atoms with van der Waals surface area (Å²) in [7, 11) is 0. The van der Waals surface area contributed by atoms with Gasteiger partial charge in [0.05, 0.1) is 17.6 Å². The maximum absolute atomic E-state index is 12.1. The van der Waals surface area contributed by atoms with Crippen molar-refractivity contribution < 1.29 is 18.8 Å². The summed E-state index contributed by atoms with van der Waals surface area (Å²) in [5, 5.41) is 6.00. The molecule has 0 atom stereocenters. The first-order chi connectivity index (χ1) is 12.0. The molecule has 2 heterocycles. The summed E-state index contributed by atoms with van der Waals surface area (Å²) in [6.45, 7) is 1.51. The molecule has 0 aliphatic rings. The van der Waals surface area contributed by atoms with Crippen LogP contribution in [0.25, 0.3) is 0 Å². The molecule has 3 aromatic rings. The number of H-pyrrole nitrogens is 1. The third-order valence-corrected chi connectivity index (χ3v) is 4.48. The molecule has 25 heavy (non-hydrogen) atoms. The van der Waals surface area contributed by atoms with E-state index in [1.165, 1.54) is 31.3 Å². The summed E-state index contributed by atoms with van der Waals surface area (Å²) in [5.41, 5.74) is 0.629. The standard InChI is InChI=1S/C17H13N3O4S/c1-10(21)11-2-4-12(5-3-11)25-15-6-7-24-14(15)8-13(22)16(23)17-18-9-19-20-17/h2-7,9H,8H2,1H3,(H,18,19,20). The first-order valence-corrected chi connectivity index (χ1v) is 8.15. The van der Waals surface area contributed by atoms with E-state index in [9.17, 15) is 14.4 Å². The van der Waals surface area contributed by atoms with Crippen molar-refractivity contribution >= 4 is 29.1 Å². The third kappa shape index (κ3) is 3.92. The average Bonchev–Trinajstić information content (AvgIpc) is 3.27. The van der Waals surface area contributed by atoms with Crippen LogP contribution in [-0.4, -0.2) is 32.5 Å². The minimum Gasteiger partial charge on any atom is -0.468 e. The van der Waals surface area contributed by atoms with Gasteiger partial charge in [-0.3, -0.25) is 19.5 Å². The Kier molecular flexibility index (Phi) is 4.90. The lowest BCUT2D eigenvalue weighted by Gasteiger charge is -2.03. The zero-order valence-electron chi connectivity index (χ0n) is 13.2. The highest BCUT2D eigenvalue weighted by molar-refractivity contribution is 7.99. The van der Waals surface area contributed by atoms with Crippen LogP contribution >= 0.6 is 11.8 Å². The molecule has 0 amide bonds. The number of ketones is 3. The topological polar surface area (TPSA) is 106 Å². The summed E-state index contributed by atoms with van der Waals surface area (Å²) in [5.74, 6) is -1.18. The van der Waals surface area contributed by atoms with E-state index in [2.05, 4.69) is 15.2 Å². The normalized spacial score (nSPS) is 10.6. The number of carbonyl (C=O) groups is 3. The molecule has 0 unspecified atom stereocenters. The van der Waals surface area contributed by atoms with E-state index in [0.717, 1.165) is 9.79 Å². The summed E-state index contributed by atoms with van der Waals surface area (Å²) in [6, 6.07) is 8.84. The lowest BCUT2D eigenvalue weighted by atomic mass is 10.1. The number of furan rings is 1. The molecule has 0 bridgehead atoms.